The van der Waals surface area contributed by atoms with E-state index in [9.17, 15) is 4.39 Å². The number of allylic oxidation sites excluding steroid dienone is 1. The van der Waals surface area contributed by atoms with E-state index in [1.807, 2.05) is 12.1 Å². The summed E-state index contributed by atoms with van der Waals surface area (Å²) in [7, 11) is 0. The fourth-order valence-corrected chi connectivity index (χ4v) is 2.84. The van der Waals surface area contributed by atoms with Crippen molar-refractivity contribution in [3.05, 3.63) is 76.1 Å². The number of rotatable bonds is 8. The van der Waals surface area contributed by atoms with Gasteiger partial charge < -0.3 is 5.41 Å². The van der Waals surface area contributed by atoms with E-state index in [0.717, 1.165) is 43.2 Å². The predicted octanol–water partition coefficient (Wildman–Crippen LogP) is 6.12. The minimum Gasteiger partial charge on any atom is -0.308 e. The summed E-state index contributed by atoms with van der Waals surface area (Å²) in [6.07, 6.45) is 10.9. The van der Waals surface area contributed by atoms with Gasteiger partial charge in [0.1, 0.15) is 5.82 Å². The Hall–Kier alpha value is -2.22. The van der Waals surface area contributed by atoms with Crippen LogP contribution in [0, 0.1) is 18.2 Å². The molecule has 0 aliphatic carbocycles. The third kappa shape index (κ3) is 5.16. The first-order valence-electron chi connectivity index (χ1n) is 8.69. The summed E-state index contributed by atoms with van der Waals surface area (Å²) in [5, 5.41) is 7.70. The molecule has 126 valence electrons. The molecule has 0 aliphatic rings. The monoisotopic (exact) mass is 323 g/mol. The molecule has 0 amide bonds. The summed E-state index contributed by atoms with van der Waals surface area (Å²) in [5.74, 6) is -0.188. The third-order valence-corrected chi connectivity index (χ3v) is 4.26. The number of unbranched alkanes of at least 4 members (excludes halogenated alkanes) is 1. The van der Waals surface area contributed by atoms with Gasteiger partial charge in [-0.3, -0.25) is 0 Å². The number of benzene rings is 2. The molecule has 1 N–H and O–H groups in total. The number of nitrogens with one attached hydrogen (secondary N) is 1. The molecular formula is C22H26FN. The highest BCUT2D eigenvalue weighted by Crippen LogP contribution is 2.19. The number of halogens is 1. The largest absolute Gasteiger partial charge is 0.308 e. The van der Waals surface area contributed by atoms with Crippen LogP contribution in [0.5, 0.6) is 0 Å². The summed E-state index contributed by atoms with van der Waals surface area (Å²) in [4.78, 5) is 0. The SMILES string of the molecule is CCC/C=C/c1cc(C=N)c(CCCc2ccc(F)cc2)cc1C. The first-order valence-corrected chi connectivity index (χ1v) is 8.69. The van der Waals surface area contributed by atoms with Crippen molar-refractivity contribution in [2.75, 3.05) is 0 Å². The van der Waals surface area contributed by atoms with Crippen LogP contribution in [0.15, 0.2) is 42.5 Å². The summed E-state index contributed by atoms with van der Waals surface area (Å²) in [6, 6.07) is 11.0. The second kappa shape index (κ2) is 9.17. The van der Waals surface area contributed by atoms with Gasteiger partial charge in [0, 0.05) is 6.21 Å². The van der Waals surface area contributed by atoms with Crippen molar-refractivity contribution in [2.45, 2.75) is 46.0 Å². The van der Waals surface area contributed by atoms with Gasteiger partial charge in [-0.25, -0.2) is 4.39 Å². The fourth-order valence-electron chi connectivity index (χ4n) is 2.84. The molecule has 0 spiro atoms. The fraction of sp³-hybridized carbons (Fsp3) is 0.318. The molecule has 2 rings (SSSR count). The Labute approximate surface area is 144 Å². The molecular weight excluding hydrogens is 297 g/mol. The zero-order valence-electron chi connectivity index (χ0n) is 14.6. The van der Waals surface area contributed by atoms with Crippen molar-refractivity contribution in [1.29, 1.82) is 5.41 Å². The summed E-state index contributed by atoms with van der Waals surface area (Å²) in [6.45, 7) is 4.30. The van der Waals surface area contributed by atoms with E-state index in [2.05, 4.69) is 38.1 Å². The molecule has 0 heterocycles. The molecule has 2 aromatic carbocycles. The summed E-state index contributed by atoms with van der Waals surface area (Å²) >= 11 is 0. The lowest BCUT2D eigenvalue weighted by Gasteiger charge is -2.10. The molecule has 0 saturated heterocycles. The Morgan fingerprint density at radius 1 is 1.04 bits per heavy atom. The normalized spacial score (nSPS) is 11.1. The van der Waals surface area contributed by atoms with E-state index in [1.165, 1.54) is 35.0 Å². The van der Waals surface area contributed by atoms with Gasteiger partial charge in [-0.2, -0.15) is 0 Å². The van der Waals surface area contributed by atoms with Crippen LogP contribution in [-0.2, 0) is 12.8 Å². The smallest absolute Gasteiger partial charge is 0.123 e. The second-order valence-corrected chi connectivity index (χ2v) is 6.22. The van der Waals surface area contributed by atoms with Crippen LogP contribution in [0.1, 0.15) is 54.0 Å². The Balaban J connectivity index is 2.05. The standard InChI is InChI=1S/C22H26FN/c1-3-4-5-8-19-15-21(16-24)20(14-17(19)2)9-6-7-18-10-12-22(23)13-11-18/h5,8,10-16,24H,3-4,6-7,9H2,1-2H3/b8-5+,24-16?. The van der Waals surface area contributed by atoms with Crippen LogP contribution in [0.3, 0.4) is 0 Å². The van der Waals surface area contributed by atoms with Gasteiger partial charge in [0.15, 0.2) is 0 Å². The van der Waals surface area contributed by atoms with Crippen molar-refractivity contribution in [2.24, 2.45) is 0 Å². The molecule has 0 bridgehead atoms. The van der Waals surface area contributed by atoms with Crippen molar-refractivity contribution in [3.63, 3.8) is 0 Å². The Morgan fingerprint density at radius 2 is 1.79 bits per heavy atom. The zero-order valence-corrected chi connectivity index (χ0v) is 14.6. The number of hydrogen-bond donors (Lipinski definition) is 1. The predicted molar refractivity (Wildman–Crippen MR) is 101 cm³/mol. The van der Waals surface area contributed by atoms with Crippen molar-refractivity contribution in [3.8, 4) is 0 Å². The van der Waals surface area contributed by atoms with E-state index in [4.69, 9.17) is 5.41 Å². The Bertz CT molecular complexity index is 699. The highest BCUT2D eigenvalue weighted by molar-refractivity contribution is 5.81. The lowest BCUT2D eigenvalue weighted by Crippen LogP contribution is -1.98. The zero-order chi connectivity index (χ0) is 17.4. The average Bonchev–Trinajstić information content (AvgIpc) is 2.58. The maximum atomic E-state index is 12.9. The van der Waals surface area contributed by atoms with Crippen LogP contribution in [0.4, 0.5) is 4.39 Å². The van der Waals surface area contributed by atoms with E-state index in [1.54, 1.807) is 0 Å². The maximum absolute atomic E-state index is 12.9. The van der Waals surface area contributed by atoms with Gasteiger partial charge in [-0.05, 0) is 78.6 Å². The first kappa shape index (κ1) is 18.1. The lowest BCUT2D eigenvalue weighted by molar-refractivity contribution is 0.626. The van der Waals surface area contributed by atoms with Crippen LogP contribution in [-0.4, -0.2) is 6.21 Å². The molecule has 0 aliphatic heterocycles. The molecule has 0 radical (unpaired) electrons. The van der Waals surface area contributed by atoms with Crippen LogP contribution >= 0.6 is 0 Å². The van der Waals surface area contributed by atoms with Gasteiger partial charge >= 0.3 is 0 Å². The van der Waals surface area contributed by atoms with Crippen LogP contribution in [0.25, 0.3) is 6.08 Å². The maximum Gasteiger partial charge on any atom is 0.123 e. The molecule has 24 heavy (non-hydrogen) atoms. The van der Waals surface area contributed by atoms with Crippen molar-refractivity contribution >= 4 is 12.3 Å². The van der Waals surface area contributed by atoms with Gasteiger partial charge in [-0.1, -0.05) is 43.7 Å². The number of aryl methyl sites for hydroxylation is 3. The highest BCUT2D eigenvalue weighted by Gasteiger charge is 2.05. The first-order chi connectivity index (χ1) is 11.6. The lowest BCUT2D eigenvalue weighted by atomic mass is 9.95. The molecule has 0 aromatic heterocycles. The second-order valence-electron chi connectivity index (χ2n) is 6.22. The van der Waals surface area contributed by atoms with E-state index < -0.39 is 0 Å². The van der Waals surface area contributed by atoms with Crippen molar-refractivity contribution in [1.82, 2.24) is 0 Å². The molecule has 1 nitrogen and oxygen atoms in total. The molecule has 0 unspecified atom stereocenters. The van der Waals surface area contributed by atoms with Gasteiger partial charge in [0.2, 0.25) is 0 Å². The van der Waals surface area contributed by atoms with Crippen LogP contribution in [0.2, 0.25) is 0 Å². The Morgan fingerprint density at radius 3 is 2.46 bits per heavy atom. The Kier molecular flexibility index (Phi) is 6.92. The van der Waals surface area contributed by atoms with Gasteiger partial charge in [-0.15, -0.1) is 0 Å². The molecule has 2 heteroatoms. The van der Waals surface area contributed by atoms with Crippen molar-refractivity contribution < 1.29 is 4.39 Å². The molecule has 0 atom stereocenters. The topological polar surface area (TPSA) is 23.9 Å². The summed E-state index contributed by atoms with van der Waals surface area (Å²) in [5.41, 5.74) is 5.82. The summed E-state index contributed by atoms with van der Waals surface area (Å²) < 4.78 is 12.9. The van der Waals surface area contributed by atoms with E-state index in [0.29, 0.717) is 0 Å². The van der Waals surface area contributed by atoms with Crippen LogP contribution < -0.4 is 0 Å². The highest BCUT2D eigenvalue weighted by atomic mass is 19.1. The minimum atomic E-state index is -0.188. The molecule has 0 fully saturated rings. The third-order valence-electron chi connectivity index (χ3n) is 4.26. The van der Waals surface area contributed by atoms with Gasteiger partial charge in [0.25, 0.3) is 0 Å². The molecule has 0 saturated carbocycles. The molecule has 2 aromatic rings. The van der Waals surface area contributed by atoms with E-state index in [-0.39, 0.29) is 5.82 Å². The van der Waals surface area contributed by atoms with E-state index >= 15 is 0 Å². The minimum absolute atomic E-state index is 0.188. The quantitative estimate of drug-likeness (QED) is 0.566. The number of hydrogen-bond acceptors (Lipinski definition) is 1. The van der Waals surface area contributed by atoms with Gasteiger partial charge in [0.05, 0.1) is 0 Å². The average molecular weight is 323 g/mol.